The zero-order valence-electron chi connectivity index (χ0n) is 42.0. The fourth-order valence-corrected chi connectivity index (χ4v) is 6.84. The molecule has 0 fully saturated rings. The molecule has 0 aromatic heterocycles. The number of hydrogen-bond donors (Lipinski definition) is 0. The van der Waals surface area contributed by atoms with Gasteiger partial charge in [0.25, 0.3) is 0 Å². The van der Waals surface area contributed by atoms with E-state index in [1.54, 1.807) is 0 Å². The molecule has 0 aromatic rings. The van der Waals surface area contributed by atoms with Crippen molar-refractivity contribution in [2.45, 2.75) is 232 Å². The van der Waals surface area contributed by atoms with E-state index < -0.39 is 12.1 Å². The Bertz CT molecular complexity index is 1360. The Kier molecular flexibility index (Phi) is 49.5. The maximum absolute atomic E-state index is 12.8. The molecule has 65 heavy (non-hydrogen) atoms. The number of carbonyl (C=O) groups is 3. The van der Waals surface area contributed by atoms with E-state index in [1.165, 1.54) is 96.3 Å². The molecular formula is C59H96O6. The molecule has 1 atom stereocenters. The van der Waals surface area contributed by atoms with Crippen molar-refractivity contribution in [2.75, 3.05) is 13.2 Å². The first-order valence-corrected chi connectivity index (χ1v) is 26.4. The molecule has 0 aliphatic heterocycles. The minimum Gasteiger partial charge on any atom is -0.462 e. The van der Waals surface area contributed by atoms with E-state index in [9.17, 15) is 14.4 Å². The molecule has 0 aliphatic carbocycles. The molecule has 0 radical (unpaired) electrons. The second-order valence-corrected chi connectivity index (χ2v) is 17.1. The van der Waals surface area contributed by atoms with Gasteiger partial charge < -0.3 is 14.2 Å². The normalized spacial score (nSPS) is 13.0. The molecular weight excluding hydrogens is 805 g/mol. The Morgan fingerprint density at radius 1 is 0.323 bits per heavy atom. The lowest BCUT2D eigenvalue weighted by atomic mass is 10.1. The summed E-state index contributed by atoms with van der Waals surface area (Å²) in [6.07, 6.45) is 70.9. The molecule has 368 valence electrons. The van der Waals surface area contributed by atoms with Crippen LogP contribution in [0.3, 0.4) is 0 Å². The summed E-state index contributed by atoms with van der Waals surface area (Å²) in [5.74, 6) is -1.07. The SMILES string of the molecule is CC/C=C\C/C=C\C/C=C\C/C=C\C/C=C\C/C=C\CCC(=O)O[C@H](COC(=O)CCC/C=C\C/C=C\C/C=C\CCCCCCCC)COC(=O)CCCCCCCCCCCCC. The van der Waals surface area contributed by atoms with E-state index in [-0.39, 0.29) is 38.0 Å². The smallest absolute Gasteiger partial charge is 0.306 e. The van der Waals surface area contributed by atoms with Crippen molar-refractivity contribution in [3.8, 4) is 0 Å². The number of allylic oxidation sites excluding steroid dienone is 18. The van der Waals surface area contributed by atoms with E-state index in [0.29, 0.717) is 19.3 Å². The summed E-state index contributed by atoms with van der Waals surface area (Å²) in [6, 6.07) is 0. The zero-order valence-corrected chi connectivity index (χ0v) is 42.0. The fraction of sp³-hybridized carbons (Fsp3) is 0.644. The van der Waals surface area contributed by atoms with E-state index in [1.807, 2.05) is 12.2 Å². The maximum Gasteiger partial charge on any atom is 0.306 e. The first kappa shape index (κ1) is 61.1. The van der Waals surface area contributed by atoms with Gasteiger partial charge in [-0.2, -0.15) is 0 Å². The summed E-state index contributed by atoms with van der Waals surface area (Å²) in [5.41, 5.74) is 0. The van der Waals surface area contributed by atoms with Crippen molar-refractivity contribution < 1.29 is 28.6 Å². The first-order chi connectivity index (χ1) is 32.0. The first-order valence-electron chi connectivity index (χ1n) is 26.4. The third-order valence-corrected chi connectivity index (χ3v) is 10.8. The Morgan fingerprint density at radius 2 is 0.646 bits per heavy atom. The molecule has 0 aliphatic rings. The quantitative estimate of drug-likeness (QED) is 0.0262. The molecule has 0 amide bonds. The van der Waals surface area contributed by atoms with Crippen LogP contribution >= 0.6 is 0 Å². The Hall–Kier alpha value is -3.93. The van der Waals surface area contributed by atoms with Crippen LogP contribution in [0.25, 0.3) is 0 Å². The number of esters is 3. The van der Waals surface area contributed by atoms with Gasteiger partial charge in [0.15, 0.2) is 6.10 Å². The summed E-state index contributed by atoms with van der Waals surface area (Å²) in [4.78, 5) is 37.9. The van der Waals surface area contributed by atoms with Crippen LogP contribution in [0.4, 0.5) is 0 Å². The molecule has 0 heterocycles. The van der Waals surface area contributed by atoms with Crippen molar-refractivity contribution >= 4 is 17.9 Å². The third kappa shape index (κ3) is 50.9. The molecule has 6 nitrogen and oxygen atoms in total. The van der Waals surface area contributed by atoms with Gasteiger partial charge >= 0.3 is 17.9 Å². The number of hydrogen-bond acceptors (Lipinski definition) is 6. The van der Waals surface area contributed by atoms with Crippen molar-refractivity contribution in [1.82, 2.24) is 0 Å². The largest absolute Gasteiger partial charge is 0.462 e. The third-order valence-electron chi connectivity index (χ3n) is 10.8. The minimum absolute atomic E-state index is 0.124. The van der Waals surface area contributed by atoms with Crippen molar-refractivity contribution in [3.63, 3.8) is 0 Å². The highest BCUT2D eigenvalue weighted by Crippen LogP contribution is 2.13. The van der Waals surface area contributed by atoms with Gasteiger partial charge in [0.2, 0.25) is 0 Å². The number of ether oxygens (including phenoxy) is 3. The summed E-state index contributed by atoms with van der Waals surface area (Å²) in [7, 11) is 0. The van der Waals surface area contributed by atoms with Crippen LogP contribution in [0, 0.1) is 0 Å². The highest BCUT2D eigenvalue weighted by Gasteiger charge is 2.19. The number of carbonyl (C=O) groups excluding carboxylic acids is 3. The minimum atomic E-state index is -0.838. The van der Waals surface area contributed by atoms with Gasteiger partial charge in [-0.25, -0.2) is 0 Å². The average Bonchev–Trinajstić information content (AvgIpc) is 3.30. The van der Waals surface area contributed by atoms with Crippen LogP contribution in [-0.2, 0) is 28.6 Å². The summed E-state index contributed by atoms with van der Waals surface area (Å²) in [5, 5.41) is 0. The lowest BCUT2D eigenvalue weighted by Crippen LogP contribution is -2.30. The average molecular weight is 901 g/mol. The highest BCUT2D eigenvalue weighted by molar-refractivity contribution is 5.71. The van der Waals surface area contributed by atoms with E-state index in [2.05, 4.69) is 118 Å². The van der Waals surface area contributed by atoms with Gasteiger partial charge in [-0.15, -0.1) is 0 Å². The lowest BCUT2D eigenvalue weighted by Gasteiger charge is -2.18. The standard InChI is InChI=1S/C59H96O6/c1-4-7-10-13-16-19-22-24-26-28-29-31-33-35-38-41-44-47-50-53-59(62)65-56(54-63-57(60)51-48-45-42-39-36-21-18-15-12-9-6-3)55-64-58(61)52-49-46-43-40-37-34-32-30-27-25-23-20-17-14-11-8-5-2/h7,10,16,19,24-27,29,31-32,34-35,38,40,43-44,47,56H,4-6,8-9,11-15,17-18,20-23,28,30,33,36-37,39,41-42,45-46,48-55H2,1-3H3/b10-7-,19-16-,26-24-,27-25-,31-29-,34-32-,38-35-,43-40-,47-44-/t56-/m0/s1. The summed E-state index contributed by atoms with van der Waals surface area (Å²) in [6.45, 7) is 6.39. The van der Waals surface area contributed by atoms with Crippen LogP contribution in [-0.4, -0.2) is 37.2 Å². The predicted octanol–water partition coefficient (Wildman–Crippen LogP) is 17.5. The Labute approximate surface area is 400 Å². The molecule has 0 bridgehead atoms. The van der Waals surface area contributed by atoms with Crippen LogP contribution in [0.1, 0.15) is 226 Å². The van der Waals surface area contributed by atoms with Crippen LogP contribution in [0.15, 0.2) is 109 Å². The monoisotopic (exact) mass is 901 g/mol. The van der Waals surface area contributed by atoms with Gasteiger partial charge in [0.1, 0.15) is 13.2 Å². The molecule has 6 heteroatoms. The van der Waals surface area contributed by atoms with Gasteiger partial charge in [0.05, 0.1) is 0 Å². The van der Waals surface area contributed by atoms with Crippen LogP contribution < -0.4 is 0 Å². The lowest BCUT2D eigenvalue weighted by molar-refractivity contribution is -0.166. The van der Waals surface area contributed by atoms with Gasteiger partial charge in [0, 0.05) is 19.3 Å². The number of unbranched alkanes of at least 4 members (excludes halogenated alkanes) is 17. The van der Waals surface area contributed by atoms with Crippen molar-refractivity contribution in [1.29, 1.82) is 0 Å². The summed E-state index contributed by atoms with van der Waals surface area (Å²) >= 11 is 0. The molecule has 0 rings (SSSR count). The Morgan fingerprint density at radius 3 is 1.06 bits per heavy atom. The molecule has 0 unspecified atom stereocenters. The molecule has 0 N–H and O–H groups in total. The molecule has 0 aromatic carbocycles. The van der Waals surface area contributed by atoms with Crippen molar-refractivity contribution in [2.24, 2.45) is 0 Å². The topological polar surface area (TPSA) is 78.9 Å². The van der Waals surface area contributed by atoms with E-state index in [4.69, 9.17) is 14.2 Å². The molecule has 0 saturated heterocycles. The van der Waals surface area contributed by atoms with Gasteiger partial charge in [-0.1, -0.05) is 226 Å². The molecule has 0 saturated carbocycles. The van der Waals surface area contributed by atoms with Crippen LogP contribution in [0.2, 0.25) is 0 Å². The van der Waals surface area contributed by atoms with E-state index in [0.717, 1.165) is 77.0 Å². The van der Waals surface area contributed by atoms with Gasteiger partial charge in [-0.05, 0) is 89.9 Å². The zero-order chi connectivity index (χ0) is 47.2. The van der Waals surface area contributed by atoms with Gasteiger partial charge in [-0.3, -0.25) is 14.4 Å². The van der Waals surface area contributed by atoms with E-state index >= 15 is 0 Å². The fourth-order valence-electron chi connectivity index (χ4n) is 6.84. The predicted molar refractivity (Wildman–Crippen MR) is 279 cm³/mol. The number of rotatable bonds is 46. The maximum atomic E-state index is 12.8. The van der Waals surface area contributed by atoms with Crippen molar-refractivity contribution in [3.05, 3.63) is 109 Å². The Balaban J connectivity index is 4.58. The second-order valence-electron chi connectivity index (χ2n) is 17.1. The highest BCUT2D eigenvalue weighted by atomic mass is 16.6. The molecule has 0 spiro atoms. The van der Waals surface area contributed by atoms with Crippen LogP contribution in [0.5, 0.6) is 0 Å². The summed E-state index contributed by atoms with van der Waals surface area (Å²) < 4.78 is 16.7. The second kappa shape index (κ2) is 52.7.